The summed E-state index contributed by atoms with van der Waals surface area (Å²) in [5, 5.41) is 5.39. The third-order valence-corrected chi connectivity index (χ3v) is 2.82. The van der Waals surface area contributed by atoms with E-state index in [0.29, 0.717) is 10.7 Å². The quantitative estimate of drug-likeness (QED) is 0.744. The highest BCUT2D eigenvalue weighted by atomic mass is 35.5. The number of nitrogens with two attached hydrogens (primary N) is 1. The van der Waals surface area contributed by atoms with Crippen molar-refractivity contribution in [1.29, 1.82) is 0 Å². The molecular formula is C12H17ClN4O2. The van der Waals surface area contributed by atoms with Gasteiger partial charge < -0.3 is 16.4 Å². The zero-order valence-corrected chi connectivity index (χ0v) is 11.6. The highest BCUT2D eigenvalue weighted by molar-refractivity contribution is 6.33. The minimum atomic E-state index is -0.630. The molecule has 1 aromatic rings. The molecule has 0 fully saturated rings. The predicted octanol–water partition coefficient (Wildman–Crippen LogP) is 0.773. The lowest BCUT2D eigenvalue weighted by Crippen LogP contribution is -2.46. The highest BCUT2D eigenvalue weighted by Crippen LogP contribution is 2.18. The number of carbonyl (C=O) groups excluding carboxylic acids is 2. The maximum absolute atomic E-state index is 11.6. The molecule has 0 saturated carbocycles. The Kier molecular flexibility index (Phi) is 5.72. The van der Waals surface area contributed by atoms with Gasteiger partial charge in [-0.3, -0.25) is 14.6 Å². The molecule has 19 heavy (non-hydrogen) atoms. The number of rotatable bonds is 5. The van der Waals surface area contributed by atoms with Crippen molar-refractivity contribution in [3.8, 4) is 0 Å². The first kappa shape index (κ1) is 15.4. The first-order valence-electron chi connectivity index (χ1n) is 5.84. The van der Waals surface area contributed by atoms with Crippen LogP contribution in [0.2, 0.25) is 5.02 Å². The zero-order chi connectivity index (χ0) is 14.4. The SMILES string of the molecule is CC(C)[C@H](N)C(=O)NCC(=O)Nc1cnccc1Cl. The second kappa shape index (κ2) is 7.06. The van der Waals surface area contributed by atoms with Crippen molar-refractivity contribution >= 4 is 29.1 Å². The van der Waals surface area contributed by atoms with Crippen LogP contribution >= 0.6 is 11.6 Å². The number of pyridine rings is 1. The molecule has 0 radical (unpaired) electrons. The van der Waals surface area contributed by atoms with E-state index in [4.69, 9.17) is 17.3 Å². The van der Waals surface area contributed by atoms with Gasteiger partial charge in [0.05, 0.1) is 29.5 Å². The number of anilines is 1. The molecule has 0 bridgehead atoms. The van der Waals surface area contributed by atoms with E-state index in [2.05, 4.69) is 15.6 Å². The van der Waals surface area contributed by atoms with E-state index in [-0.39, 0.29) is 24.3 Å². The van der Waals surface area contributed by atoms with Crippen LogP contribution in [-0.2, 0) is 9.59 Å². The Morgan fingerprint density at radius 3 is 2.74 bits per heavy atom. The maximum Gasteiger partial charge on any atom is 0.243 e. The van der Waals surface area contributed by atoms with Crippen molar-refractivity contribution in [2.45, 2.75) is 19.9 Å². The van der Waals surface area contributed by atoms with Crippen LogP contribution in [0.15, 0.2) is 18.5 Å². The van der Waals surface area contributed by atoms with Gasteiger partial charge in [0.1, 0.15) is 0 Å². The summed E-state index contributed by atoms with van der Waals surface area (Å²) in [6.07, 6.45) is 2.95. The van der Waals surface area contributed by atoms with Gasteiger partial charge in [0.25, 0.3) is 0 Å². The lowest BCUT2D eigenvalue weighted by Gasteiger charge is -2.15. The fourth-order valence-corrected chi connectivity index (χ4v) is 1.40. The van der Waals surface area contributed by atoms with Crippen molar-refractivity contribution in [2.24, 2.45) is 11.7 Å². The van der Waals surface area contributed by atoms with Gasteiger partial charge >= 0.3 is 0 Å². The summed E-state index contributed by atoms with van der Waals surface area (Å²) in [7, 11) is 0. The summed E-state index contributed by atoms with van der Waals surface area (Å²) in [6, 6.07) is 0.930. The molecule has 0 aliphatic rings. The summed E-state index contributed by atoms with van der Waals surface area (Å²) in [6.45, 7) is 3.50. The van der Waals surface area contributed by atoms with Gasteiger partial charge in [-0.1, -0.05) is 25.4 Å². The van der Waals surface area contributed by atoms with E-state index in [1.807, 2.05) is 13.8 Å². The van der Waals surface area contributed by atoms with E-state index in [1.54, 1.807) is 6.07 Å². The van der Waals surface area contributed by atoms with Crippen molar-refractivity contribution in [1.82, 2.24) is 10.3 Å². The smallest absolute Gasteiger partial charge is 0.243 e. The van der Waals surface area contributed by atoms with Gasteiger partial charge in [-0.2, -0.15) is 0 Å². The summed E-state index contributed by atoms with van der Waals surface area (Å²) >= 11 is 5.86. The number of hydrogen-bond donors (Lipinski definition) is 3. The lowest BCUT2D eigenvalue weighted by atomic mass is 10.1. The molecule has 0 aliphatic carbocycles. The van der Waals surface area contributed by atoms with Crippen LogP contribution in [0.25, 0.3) is 0 Å². The average Bonchev–Trinajstić information content (AvgIpc) is 2.37. The van der Waals surface area contributed by atoms with Crippen LogP contribution in [0, 0.1) is 5.92 Å². The number of halogens is 1. The van der Waals surface area contributed by atoms with E-state index in [0.717, 1.165) is 0 Å². The van der Waals surface area contributed by atoms with Crippen molar-refractivity contribution in [2.75, 3.05) is 11.9 Å². The maximum atomic E-state index is 11.6. The number of amides is 2. The first-order chi connectivity index (χ1) is 8.91. The normalized spacial score (nSPS) is 12.1. The van der Waals surface area contributed by atoms with Gasteiger partial charge in [0.2, 0.25) is 11.8 Å². The molecular weight excluding hydrogens is 268 g/mol. The van der Waals surface area contributed by atoms with Crippen LogP contribution in [0.1, 0.15) is 13.8 Å². The zero-order valence-electron chi connectivity index (χ0n) is 10.8. The Bertz CT molecular complexity index is 465. The topological polar surface area (TPSA) is 97.1 Å². The molecule has 1 atom stereocenters. The number of nitrogens with zero attached hydrogens (tertiary/aromatic N) is 1. The molecule has 1 aromatic heterocycles. The van der Waals surface area contributed by atoms with Gasteiger partial charge in [0, 0.05) is 6.20 Å². The number of carbonyl (C=O) groups is 2. The third-order valence-electron chi connectivity index (χ3n) is 2.49. The Hall–Kier alpha value is -1.66. The second-order valence-corrected chi connectivity index (χ2v) is 4.80. The molecule has 104 valence electrons. The molecule has 1 rings (SSSR count). The van der Waals surface area contributed by atoms with Crippen molar-refractivity contribution in [3.63, 3.8) is 0 Å². The number of hydrogen-bond acceptors (Lipinski definition) is 4. The molecule has 0 spiro atoms. The molecule has 6 nitrogen and oxygen atoms in total. The van der Waals surface area contributed by atoms with E-state index in [9.17, 15) is 9.59 Å². The van der Waals surface area contributed by atoms with E-state index in [1.165, 1.54) is 12.4 Å². The summed E-state index contributed by atoms with van der Waals surface area (Å²) < 4.78 is 0. The van der Waals surface area contributed by atoms with Crippen LogP contribution in [0.4, 0.5) is 5.69 Å². The van der Waals surface area contributed by atoms with Crippen molar-refractivity contribution in [3.05, 3.63) is 23.5 Å². The Morgan fingerprint density at radius 1 is 1.47 bits per heavy atom. The minimum Gasteiger partial charge on any atom is -0.346 e. The number of nitrogens with one attached hydrogen (secondary N) is 2. The Labute approximate surface area is 116 Å². The largest absolute Gasteiger partial charge is 0.346 e. The van der Waals surface area contributed by atoms with Crippen LogP contribution < -0.4 is 16.4 Å². The molecule has 0 saturated heterocycles. The predicted molar refractivity (Wildman–Crippen MR) is 73.7 cm³/mol. The Morgan fingerprint density at radius 2 is 2.16 bits per heavy atom. The Balaban J connectivity index is 2.45. The fourth-order valence-electron chi connectivity index (χ4n) is 1.25. The van der Waals surface area contributed by atoms with Crippen LogP contribution in [0.3, 0.4) is 0 Å². The summed E-state index contributed by atoms with van der Waals surface area (Å²) in [5.74, 6) is -0.738. The van der Waals surface area contributed by atoms with Crippen LogP contribution in [-0.4, -0.2) is 29.4 Å². The average molecular weight is 285 g/mol. The van der Waals surface area contributed by atoms with E-state index < -0.39 is 6.04 Å². The molecule has 2 amide bonds. The molecule has 1 heterocycles. The van der Waals surface area contributed by atoms with Gasteiger partial charge in [-0.25, -0.2) is 0 Å². The standard InChI is InChI=1S/C12H17ClN4O2/c1-7(2)11(14)12(19)16-6-10(18)17-9-5-15-4-3-8(9)13/h3-5,7,11H,6,14H2,1-2H3,(H,16,19)(H,17,18)/t11-/m0/s1. The molecule has 0 aromatic carbocycles. The van der Waals surface area contributed by atoms with Crippen LogP contribution in [0.5, 0.6) is 0 Å². The second-order valence-electron chi connectivity index (χ2n) is 4.39. The monoisotopic (exact) mass is 284 g/mol. The minimum absolute atomic E-state index is 0.0100. The molecule has 0 aliphatic heterocycles. The fraction of sp³-hybridized carbons (Fsp3) is 0.417. The van der Waals surface area contributed by atoms with E-state index >= 15 is 0 Å². The molecule has 4 N–H and O–H groups in total. The van der Waals surface area contributed by atoms with Gasteiger partial charge in [-0.15, -0.1) is 0 Å². The third kappa shape index (κ3) is 4.84. The lowest BCUT2D eigenvalue weighted by molar-refractivity contribution is -0.125. The van der Waals surface area contributed by atoms with Crippen molar-refractivity contribution < 1.29 is 9.59 Å². The highest BCUT2D eigenvalue weighted by Gasteiger charge is 2.17. The summed E-state index contributed by atoms with van der Waals surface area (Å²) in [5.41, 5.74) is 6.05. The molecule has 0 unspecified atom stereocenters. The summed E-state index contributed by atoms with van der Waals surface area (Å²) in [4.78, 5) is 27.0. The number of aromatic nitrogens is 1. The van der Waals surface area contributed by atoms with Gasteiger partial charge in [-0.05, 0) is 12.0 Å². The van der Waals surface area contributed by atoms with Gasteiger partial charge in [0.15, 0.2) is 0 Å². The first-order valence-corrected chi connectivity index (χ1v) is 6.22. The molecule has 7 heteroatoms.